The predicted molar refractivity (Wildman–Crippen MR) is 163 cm³/mol. The van der Waals surface area contributed by atoms with Crippen molar-refractivity contribution in [1.82, 2.24) is 9.47 Å². The maximum absolute atomic E-state index is 13.2. The van der Waals surface area contributed by atoms with Crippen LogP contribution in [-0.4, -0.2) is 55.6 Å². The fourth-order valence-corrected chi connectivity index (χ4v) is 7.81. The summed E-state index contributed by atoms with van der Waals surface area (Å²) in [4.78, 5) is 29.2. The van der Waals surface area contributed by atoms with Crippen LogP contribution < -0.4 is 10.9 Å². The smallest absolute Gasteiger partial charge is 0.262 e. The molecule has 1 N–H and O–H groups in total. The number of likely N-dealkylation sites (tertiary alicyclic amines) is 1. The average Bonchev–Trinajstić information content (AvgIpc) is 3.39. The number of carbonyl (C=O) groups is 1. The fourth-order valence-electron chi connectivity index (χ4n) is 5.19. The number of pyridine rings is 1. The molecule has 1 fully saturated rings. The Hall–Kier alpha value is -3.27. The average molecular weight is 578 g/mol. The van der Waals surface area contributed by atoms with Gasteiger partial charge in [0, 0.05) is 40.8 Å². The molecule has 1 saturated heterocycles. The van der Waals surface area contributed by atoms with Gasteiger partial charge < -0.3 is 10.2 Å². The quantitative estimate of drug-likeness (QED) is 0.246. The van der Waals surface area contributed by atoms with Gasteiger partial charge in [0.2, 0.25) is 0 Å². The molecule has 1 aliphatic heterocycles. The Balaban J connectivity index is 1.20. The third-order valence-electron chi connectivity index (χ3n) is 7.32. The van der Waals surface area contributed by atoms with Crippen molar-refractivity contribution in [3.63, 3.8) is 0 Å². The van der Waals surface area contributed by atoms with Crippen LogP contribution in [-0.2, 0) is 21.1 Å². The zero-order valence-corrected chi connectivity index (χ0v) is 24.4. The van der Waals surface area contributed by atoms with Crippen LogP contribution in [0.2, 0.25) is 0 Å². The molecule has 0 aliphatic carbocycles. The molecule has 5 rings (SSSR count). The maximum Gasteiger partial charge on any atom is 0.262 e. The van der Waals surface area contributed by atoms with Gasteiger partial charge in [0.25, 0.3) is 5.56 Å². The van der Waals surface area contributed by atoms with E-state index in [1.807, 2.05) is 31.2 Å². The Morgan fingerprint density at radius 3 is 2.48 bits per heavy atom. The van der Waals surface area contributed by atoms with Crippen molar-refractivity contribution in [3.05, 3.63) is 87.7 Å². The summed E-state index contributed by atoms with van der Waals surface area (Å²) in [5.41, 5.74) is 2.28. The van der Waals surface area contributed by atoms with Crippen LogP contribution in [0.25, 0.3) is 16.5 Å². The summed E-state index contributed by atoms with van der Waals surface area (Å²) in [6.45, 7) is 6.27. The molecule has 0 atom stereocenters. The van der Waals surface area contributed by atoms with Crippen LogP contribution in [0.4, 0.5) is 5.69 Å². The van der Waals surface area contributed by atoms with Gasteiger partial charge in [0.1, 0.15) is 9.96 Å². The molecule has 0 spiro atoms. The van der Waals surface area contributed by atoms with Gasteiger partial charge in [-0.2, -0.15) is 0 Å². The number of aromatic nitrogens is 1. The molecule has 7 nitrogen and oxygen atoms in total. The molecule has 0 saturated carbocycles. The molecule has 3 heterocycles. The second kappa shape index (κ2) is 12.5. The van der Waals surface area contributed by atoms with Gasteiger partial charge >= 0.3 is 0 Å². The Morgan fingerprint density at radius 2 is 1.75 bits per heavy atom. The van der Waals surface area contributed by atoms with Gasteiger partial charge in [-0.05, 0) is 105 Å². The third-order valence-corrected chi connectivity index (χ3v) is 10.6. The lowest BCUT2D eigenvalue weighted by atomic mass is 10.1. The van der Waals surface area contributed by atoms with Crippen LogP contribution >= 0.6 is 11.3 Å². The SMILES string of the molecule is Cc1ccc(S(=O)(=O)CC(=O)Cc2ccc(-n3ccc4cc(NCCCN5CCCCC5)ccc4c3=O)cc2)s1. The summed E-state index contributed by atoms with van der Waals surface area (Å²) in [6.07, 6.45) is 6.84. The lowest BCUT2D eigenvalue weighted by molar-refractivity contribution is -0.116. The first-order valence-corrected chi connectivity index (χ1v) is 16.3. The number of anilines is 1. The first-order valence-electron chi connectivity index (χ1n) is 13.8. The number of rotatable bonds is 11. The summed E-state index contributed by atoms with van der Waals surface area (Å²) in [7, 11) is -3.63. The molecule has 2 aromatic heterocycles. The van der Waals surface area contributed by atoms with Crippen molar-refractivity contribution in [2.45, 2.75) is 43.2 Å². The summed E-state index contributed by atoms with van der Waals surface area (Å²) >= 11 is 1.18. The topological polar surface area (TPSA) is 88.5 Å². The number of nitrogens with zero attached hydrogens (tertiary/aromatic N) is 2. The van der Waals surface area contributed by atoms with Gasteiger partial charge in [0.15, 0.2) is 15.6 Å². The first-order chi connectivity index (χ1) is 19.3. The molecule has 0 radical (unpaired) electrons. The molecule has 0 unspecified atom stereocenters. The summed E-state index contributed by atoms with van der Waals surface area (Å²) < 4.78 is 26.9. The number of fused-ring (bicyclic) bond motifs is 1. The number of Topliss-reactive ketones (excluding diaryl/α,β-unsaturated/α-hetero) is 1. The first kappa shape index (κ1) is 28.3. The van der Waals surface area contributed by atoms with Crippen LogP contribution in [0.1, 0.15) is 36.1 Å². The highest BCUT2D eigenvalue weighted by atomic mass is 32.2. The van der Waals surface area contributed by atoms with Gasteiger partial charge in [0.05, 0.1) is 0 Å². The summed E-state index contributed by atoms with van der Waals surface area (Å²) in [5.74, 6) is -0.883. The van der Waals surface area contributed by atoms with Crippen molar-refractivity contribution in [2.75, 3.05) is 37.2 Å². The Kier molecular flexibility index (Phi) is 8.83. The van der Waals surface area contributed by atoms with Crippen LogP contribution in [0.5, 0.6) is 0 Å². The molecule has 210 valence electrons. The lowest BCUT2D eigenvalue weighted by Gasteiger charge is -2.26. The number of hydrogen-bond acceptors (Lipinski definition) is 7. The number of carbonyl (C=O) groups excluding carboxylic acids is 1. The van der Waals surface area contributed by atoms with Crippen molar-refractivity contribution < 1.29 is 13.2 Å². The molecule has 2 aromatic carbocycles. The number of piperidine rings is 1. The number of sulfone groups is 1. The van der Waals surface area contributed by atoms with E-state index in [2.05, 4.69) is 10.2 Å². The van der Waals surface area contributed by atoms with E-state index >= 15 is 0 Å². The van der Waals surface area contributed by atoms with Gasteiger partial charge in [-0.3, -0.25) is 14.2 Å². The van der Waals surface area contributed by atoms with Crippen molar-refractivity contribution >= 4 is 43.4 Å². The molecule has 0 amide bonds. The molecule has 1 aliphatic rings. The molecular weight excluding hydrogens is 542 g/mol. The predicted octanol–water partition coefficient (Wildman–Crippen LogP) is 5.23. The van der Waals surface area contributed by atoms with Gasteiger partial charge in [-0.15, -0.1) is 11.3 Å². The highest BCUT2D eigenvalue weighted by molar-refractivity contribution is 7.94. The maximum atomic E-state index is 13.2. The normalized spacial score (nSPS) is 14.4. The lowest BCUT2D eigenvalue weighted by Crippen LogP contribution is -2.31. The third kappa shape index (κ3) is 6.89. The number of aryl methyl sites for hydroxylation is 1. The monoisotopic (exact) mass is 577 g/mol. The number of nitrogens with one attached hydrogen (secondary N) is 1. The van der Waals surface area contributed by atoms with E-state index in [9.17, 15) is 18.0 Å². The second-order valence-electron chi connectivity index (χ2n) is 10.5. The molecule has 9 heteroatoms. The van der Waals surface area contributed by atoms with Crippen molar-refractivity contribution in [3.8, 4) is 5.69 Å². The van der Waals surface area contributed by atoms with E-state index in [1.54, 1.807) is 47.2 Å². The van der Waals surface area contributed by atoms with Crippen LogP contribution in [0.15, 0.2) is 75.9 Å². The zero-order chi connectivity index (χ0) is 28.1. The number of ketones is 1. The molecule has 40 heavy (non-hydrogen) atoms. The largest absolute Gasteiger partial charge is 0.385 e. The van der Waals surface area contributed by atoms with Crippen molar-refractivity contribution in [1.29, 1.82) is 0 Å². The number of thiophene rings is 1. The minimum Gasteiger partial charge on any atom is -0.385 e. The minimum atomic E-state index is -3.63. The number of hydrogen-bond donors (Lipinski definition) is 1. The summed E-state index contributed by atoms with van der Waals surface area (Å²) in [6, 6.07) is 18.2. The minimum absolute atomic E-state index is 0.0181. The van der Waals surface area contributed by atoms with E-state index in [-0.39, 0.29) is 22.0 Å². The van der Waals surface area contributed by atoms with E-state index in [0.29, 0.717) is 16.6 Å². The highest BCUT2D eigenvalue weighted by Gasteiger charge is 2.21. The molecule has 0 bridgehead atoms. The van der Waals surface area contributed by atoms with E-state index in [4.69, 9.17) is 0 Å². The number of benzene rings is 2. The standard InChI is InChI=1S/C31H35N3O4S2/c1-23-6-13-30(39-23)40(37,38)22-28(35)20-24-7-10-27(11-8-24)34-19-14-25-21-26(9-12-29(25)31(34)36)32-15-5-18-33-16-3-2-4-17-33/h6-14,19,21,32H,2-5,15-18,20,22H2,1H3. The van der Waals surface area contributed by atoms with Gasteiger partial charge in [-0.25, -0.2) is 8.42 Å². The molecule has 4 aromatic rings. The Labute approximate surface area is 239 Å². The zero-order valence-electron chi connectivity index (χ0n) is 22.8. The highest BCUT2D eigenvalue weighted by Crippen LogP contribution is 2.23. The van der Waals surface area contributed by atoms with E-state index in [1.165, 1.54) is 43.7 Å². The van der Waals surface area contributed by atoms with Crippen LogP contribution in [0.3, 0.4) is 0 Å². The van der Waals surface area contributed by atoms with E-state index in [0.717, 1.165) is 35.5 Å². The van der Waals surface area contributed by atoms with Crippen LogP contribution in [0, 0.1) is 6.92 Å². The van der Waals surface area contributed by atoms with Crippen molar-refractivity contribution in [2.24, 2.45) is 0 Å². The summed E-state index contributed by atoms with van der Waals surface area (Å²) in [5, 5.41) is 5.00. The molecular formula is C31H35N3O4S2. The Morgan fingerprint density at radius 1 is 0.975 bits per heavy atom. The fraction of sp³-hybridized carbons (Fsp3) is 0.355. The second-order valence-corrected chi connectivity index (χ2v) is 14.0. The van der Waals surface area contributed by atoms with Gasteiger partial charge in [-0.1, -0.05) is 18.6 Å². The van der Waals surface area contributed by atoms with E-state index < -0.39 is 15.6 Å². The Bertz CT molecular complexity index is 1650.